The summed E-state index contributed by atoms with van der Waals surface area (Å²) in [5.74, 6) is 0.716. The van der Waals surface area contributed by atoms with Crippen molar-refractivity contribution in [3.8, 4) is 0 Å². The van der Waals surface area contributed by atoms with Crippen LogP contribution in [0.2, 0.25) is 0 Å². The van der Waals surface area contributed by atoms with Crippen molar-refractivity contribution >= 4 is 38.5 Å². The number of halogens is 1. The Morgan fingerprint density at radius 1 is 1.43 bits per heavy atom. The lowest BCUT2D eigenvalue weighted by Gasteiger charge is -2.27. The van der Waals surface area contributed by atoms with Gasteiger partial charge in [-0.05, 0) is 34.0 Å². The van der Waals surface area contributed by atoms with Gasteiger partial charge in [-0.3, -0.25) is 15.4 Å². The van der Waals surface area contributed by atoms with Crippen molar-refractivity contribution in [1.82, 2.24) is 9.97 Å². The molecule has 5 nitrogen and oxygen atoms in total. The van der Waals surface area contributed by atoms with Crippen LogP contribution in [0.4, 0.5) is 5.69 Å². The highest BCUT2D eigenvalue weighted by molar-refractivity contribution is 9.10. The molecule has 2 aromatic heterocycles. The van der Waals surface area contributed by atoms with E-state index in [9.17, 15) is 0 Å². The molecule has 6 heteroatoms. The lowest BCUT2D eigenvalue weighted by Crippen LogP contribution is -2.31. The van der Waals surface area contributed by atoms with E-state index < -0.39 is 0 Å². The molecule has 0 radical (unpaired) electrons. The molecule has 0 unspecified atom stereocenters. The Kier molecular flexibility index (Phi) is 5.12. The van der Waals surface area contributed by atoms with Gasteiger partial charge in [0.15, 0.2) is 0 Å². The van der Waals surface area contributed by atoms with Crippen LogP contribution < -0.4 is 10.6 Å². The first kappa shape index (κ1) is 15.7. The van der Waals surface area contributed by atoms with Gasteiger partial charge in [-0.15, -0.1) is 0 Å². The highest BCUT2D eigenvalue weighted by Crippen LogP contribution is 2.26. The molecular formula is C15H20BrN5. The zero-order chi connectivity index (χ0) is 15.4. The third-order valence-corrected chi connectivity index (χ3v) is 3.53. The number of amidine groups is 1. The van der Waals surface area contributed by atoms with Gasteiger partial charge >= 0.3 is 0 Å². The zero-order valence-electron chi connectivity index (χ0n) is 12.3. The standard InChI is InChI=1S/C15H20BrN5/c1-10(2)9-21(6-4-14(17)18)13-3-5-19-12-7-11(16)8-20-15(12)13/h3,5,7-8,10H,4,6,9H2,1-2H3,(H3,17,18). The van der Waals surface area contributed by atoms with E-state index in [0.29, 0.717) is 18.9 Å². The fraction of sp³-hybridized carbons (Fsp3) is 0.400. The maximum absolute atomic E-state index is 7.44. The second-order valence-electron chi connectivity index (χ2n) is 5.47. The van der Waals surface area contributed by atoms with Gasteiger partial charge in [0.2, 0.25) is 0 Å². The molecule has 0 atom stereocenters. The van der Waals surface area contributed by atoms with Crippen LogP contribution in [0.1, 0.15) is 20.3 Å². The summed E-state index contributed by atoms with van der Waals surface area (Å²) >= 11 is 3.42. The van der Waals surface area contributed by atoms with Crippen molar-refractivity contribution < 1.29 is 0 Å². The van der Waals surface area contributed by atoms with E-state index in [1.54, 1.807) is 12.4 Å². The summed E-state index contributed by atoms with van der Waals surface area (Å²) in [6, 6.07) is 3.94. The van der Waals surface area contributed by atoms with Crippen molar-refractivity contribution in [2.75, 3.05) is 18.0 Å². The molecule has 0 spiro atoms. The molecule has 0 aromatic carbocycles. The summed E-state index contributed by atoms with van der Waals surface area (Å²) in [6.07, 6.45) is 4.13. The molecule has 2 aromatic rings. The molecule has 0 aliphatic rings. The highest BCUT2D eigenvalue weighted by Gasteiger charge is 2.13. The Balaban J connectivity index is 2.40. The number of pyridine rings is 2. The van der Waals surface area contributed by atoms with Crippen LogP contribution in [0.5, 0.6) is 0 Å². The highest BCUT2D eigenvalue weighted by atomic mass is 79.9. The van der Waals surface area contributed by atoms with E-state index in [4.69, 9.17) is 11.1 Å². The Hall–Kier alpha value is -1.69. The minimum atomic E-state index is 0.206. The molecular weight excluding hydrogens is 330 g/mol. The lowest BCUT2D eigenvalue weighted by atomic mass is 10.1. The molecule has 112 valence electrons. The van der Waals surface area contributed by atoms with Crippen molar-refractivity contribution in [2.24, 2.45) is 11.7 Å². The topological polar surface area (TPSA) is 78.9 Å². The van der Waals surface area contributed by atoms with Crippen LogP contribution >= 0.6 is 15.9 Å². The van der Waals surface area contributed by atoms with Crippen LogP contribution in [0.25, 0.3) is 11.0 Å². The number of nitrogens with two attached hydrogens (primary N) is 1. The second-order valence-corrected chi connectivity index (χ2v) is 6.38. The summed E-state index contributed by atoms with van der Waals surface area (Å²) in [7, 11) is 0. The Bertz CT molecular complexity index is 641. The van der Waals surface area contributed by atoms with Crippen LogP contribution in [0.3, 0.4) is 0 Å². The first-order valence-corrected chi connectivity index (χ1v) is 7.74. The van der Waals surface area contributed by atoms with Gasteiger partial charge in [0.25, 0.3) is 0 Å². The molecule has 0 bridgehead atoms. The number of rotatable bonds is 6. The van der Waals surface area contributed by atoms with E-state index in [1.807, 2.05) is 12.1 Å². The molecule has 0 amide bonds. The molecule has 0 saturated carbocycles. The quantitative estimate of drug-likeness (QED) is 0.620. The van der Waals surface area contributed by atoms with Gasteiger partial charge in [-0.2, -0.15) is 0 Å². The lowest BCUT2D eigenvalue weighted by molar-refractivity contribution is 0.614. The number of nitrogens with one attached hydrogen (secondary N) is 1. The fourth-order valence-electron chi connectivity index (χ4n) is 2.25. The van der Waals surface area contributed by atoms with Crippen molar-refractivity contribution in [1.29, 1.82) is 5.41 Å². The van der Waals surface area contributed by atoms with Crippen LogP contribution in [-0.2, 0) is 0 Å². The largest absolute Gasteiger partial charge is 0.388 e. The minimum Gasteiger partial charge on any atom is -0.388 e. The number of anilines is 1. The Morgan fingerprint density at radius 2 is 2.19 bits per heavy atom. The summed E-state index contributed by atoms with van der Waals surface area (Å²) in [6.45, 7) is 5.96. The first-order chi connectivity index (χ1) is 9.97. The van der Waals surface area contributed by atoms with Crippen LogP contribution in [0.15, 0.2) is 29.0 Å². The monoisotopic (exact) mass is 349 g/mol. The third kappa shape index (κ3) is 4.14. The maximum atomic E-state index is 7.44. The van der Waals surface area contributed by atoms with E-state index in [1.165, 1.54) is 0 Å². The van der Waals surface area contributed by atoms with Gasteiger partial charge in [0.05, 0.1) is 17.0 Å². The molecule has 2 heterocycles. The van der Waals surface area contributed by atoms with Gasteiger partial charge in [-0.25, -0.2) is 0 Å². The molecule has 0 aliphatic heterocycles. The van der Waals surface area contributed by atoms with E-state index in [0.717, 1.165) is 27.7 Å². The van der Waals surface area contributed by atoms with Crippen molar-refractivity contribution in [2.45, 2.75) is 20.3 Å². The van der Waals surface area contributed by atoms with Gasteiger partial charge in [0, 0.05) is 36.4 Å². The SMILES string of the molecule is CC(C)CN(CCC(=N)N)c1ccnc2cc(Br)cnc12. The first-order valence-electron chi connectivity index (χ1n) is 6.95. The summed E-state index contributed by atoms with van der Waals surface area (Å²) in [4.78, 5) is 11.1. The maximum Gasteiger partial charge on any atom is 0.112 e. The number of fused-ring (bicyclic) bond motifs is 1. The Labute approximate surface area is 133 Å². The normalized spacial score (nSPS) is 11.0. The molecule has 2 rings (SSSR count). The molecule has 0 aliphatic carbocycles. The number of nitrogens with zero attached hydrogens (tertiary/aromatic N) is 3. The summed E-state index contributed by atoms with van der Waals surface area (Å²) in [5, 5.41) is 7.44. The molecule has 0 saturated heterocycles. The number of aromatic nitrogens is 2. The van der Waals surface area contributed by atoms with Gasteiger partial charge < -0.3 is 10.6 Å². The summed E-state index contributed by atoms with van der Waals surface area (Å²) in [5.41, 5.74) is 8.29. The Morgan fingerprint density at radius 3 is 2.86 bits per heavy atom. The zero-order valence-corrected chi connectivity index (χ0v) is 13.9. The van der Waals surface area contributed by atoms with Crippen LogP contribution in [-0.4, -0.2) is 28.9 Å². The van der Waals surface area contributed by atoms with Crippen molar-refractivity contribution in [3.63, 3.8) is 0 Å². The smallest absolute Gasteiger partial charge is 0.112 e. The van der Waals surface area contributed by atoms with E-state index in [2.05, 4.69) is 44.6 Å². The number of hydrogen-bond acceptors (Lipinski definition) is 4. The fourth-order valence-corrected chi connectivity index (χ4v) is 2.57. The summed E-state index contributed by atoms with van der Waals surface area (Å²) < 4.78 is 0.916. The predicted octanol–water partition coefficient (Wildman–Crippen LogP) is 3.18. The molecule has 21 heavy (non-hydrogen) atoms. The molecule has 0 fully saturated rings. The molecule has 3 N–H and O–H groups in total. The average molecular weight is 350 g/mol. The van der Waals surface area contributed by atoms with Crippen molar-refractivity contribution in [3.05, 3.63) is 29.0 Å². The number of hydrogen-bond donors (Lipinski definition) is 2. The van der Waals surface area contributed by atoms with Gasteiger partial charge in [0.1, 0.15) is 5.52 Å². The van der Waals surface area contributed by atoms with E-state index in [-0.39, 0.29) is 5.84 Å². The average Bonchev–Trinajstić information content (AvgIpc) is 2.42. The minimum absolute atomic E-state index is 0.206. The third-order valence-electron chi connectivity index (χ3n) is 3.10. The second kappa shape index (κ2) is 6.85. The van der Waals surface area contributed by atoms with E-state index >= 15 is 0 Å². The van der Waals surface area contributed by atoms with Gasteiger partial charge in [-0.1, -0.05) is 13.8 Å². The predicted molar refractivity (Wildman–Crippen MR) is 90.8 cm³/mol. The van der Waals surface area contributed by atoms with Crippen LogP contribution in [0, 0.1) is 11.3 Å².